The predicted octanol–water partition coefficient (Wildman–Crippen LogP) is 2.99. The Labute approximate surface area is 162 Å². The van der Waals surface area contributed by atoms with Gasteiger partial charge in [0.1, 0.15) is 11.6 Å². The van der Waals surface area contributed by atoms with Gasteiger partial charge in [-0.2, -0.15) is 5.10 Å². The molecular formula is C19H22FN5OS. The van der Waals surface area contributed by atoms with E-state index in [0.29, 0.717) is 13.1 Å². The van der Waals surface area contributed by atoms with Gasteiger partial charge < -0.3 is 9.80 Å². The molecule has 142 valence electrons. The van der Waals surface area contributed by atoms with Gasteiger partial charge in [-0.05, 0) is 36.2 Å². The minimum atomic E-state index is -0.234. The number of hydrogen-bond donors (Lipinski definition) is 0. The highest BCUT2D eigenvalue weighted by molar-refractivity contribution is 7.99. The number of carbonyl (C=O) groups excluding carboxylic acids is 1. The highest BCUT2D eigenvalue weighted by Crippen LogP contribution is 2.24. The molecule has 0 radical (unpaired) electrons. The molecule has 0 saturated heterocycles. The van der Waals surface area contributed by atoms with Gasteiger partial charge in [0.2, 0.25) is 6.41 Å². The Kier molecular flexibility index (Phi) is 5.95. The third-order valence-electron chi connectivity index (χ3n) is 4.31. The first-order chi connectivity index (χ1) is 13.0. The third kappa shape index (κ3) is 4.57. The Morgan fingerprint density at radius 3 is 2.89 bits per heavy atom. The minimum absolute atomic E-state index is 0.234. The number of amides is 1. The van der Waals surface area contributed by atoms with Crippen LogP contribution in [0.1, 0.15) is 11.1 Å². The van der Waals surface area contributed by atoms with Gasteiger partial charge in [0.25, 0.3) is 0 Å². The van der Waals surface area contributed by atoms with Crippen LogP contribution in [-0.2, 0) is 11.3 Å². The van der Waals surface area contributed by atoms with Crippen molar-refractivity contribution in [2.45, 2.75) is 18.4 Å². The Balaban J connectivity index is 1.77. The summed E-state index contributed by atoms with van der Waals surface area (Å²) in [6.45, 7) is 3.19. The molecule has 0 bridgehead atoms. The van der Waals surface area contributed by atoms with E-state index in [1.165, 1.54) is 6.07 Å². The molecule has 0 aliphatic rings. The first-order valence-corrected chi connectivity index (χ1v) is 9.55. The summed E-state index contributed by atoms with van der Waals surface area (Å²) >= 11 is 1.61. The molecule has 1 aromatic carbocycles. The van der Waals surface area contributed by atoms with Crippen LogP contribution in [0.2, 0.25) is 0 Å². The van der Waals surface area contributed by atoms with Crippen molar-refractivity contribution in [2.24, 2.45) is 0 Å². The zero-order valence-electron chi connectivity index (χ0n) is 15.6. The Morgan fingerprint density at radius 2 is 2.11 bits per heavy atom. The number of carbonyl (C=O) groups is 1. The number of hydrogen-bond acceptors (Lipinski definition) is 5. The molecule has 0 N–H and O–H groups in total. The summed E-state index contributed by atoms with van der Waals surface area (Å²) < 4.78 is 15.3. The van der Waals surface area contributed by atoms with Crippen LogP contribution < -0.4 is 4.90 Å². The SMILES string of the molecule is Cc1ccc(F)cc1CN(C)c1ccn2ncc(SCCN(C)C=O)c2n1. The van der Waals surface area contributed by atoms with Crippen LogP contribution in [0.3, 0.4) is 0 Å². The lowest BCUT2D eigenvalue weighted by atomic mass is 10.1. The fraction of sp³-hybridized carbons (Fsp3) is 0.316. The summed E-state index contributed by atoms with van der Waals surface area (Å²) in [5.74, 6) is 1.32. The second-order valence-electron chi connectivity index (χ2n) is 6.42. The molecule has 27 heavy (non-hydrogen) atoms. The lowest BCUT2D eigenvalue weighted by molar-refractivity contribution is -0.116. The van der Waals surface area contributed by atoms with Crippen molar-refractivity contribution < 1.29 is 9.18 Å². The van der Waals surface area contributed by atoms with E-state index in [1.807, 2.05) is 31.1 Å². The van der Waals surface area contributed by atoms with Crippen molar-refractivity contribution in [3.63, 3.8) is 0 Å². The van der Waals surface area contributed by atoms with Crippen LogP contribution >= 0.6 is 11.8 Å². The van der Waals surface area contributed by atoms with Crippen molar-refractivity contribution >= 4 is 29.6 Å². The summed E-state index contributed by atoms with van der Waals surface area (Å²) in [6.07, 6.45) is 4.47. The molecule has 6 nitrogen and oxygen atoms in total. The van der Waals surface area contributed by atoms with Crippen molar-refractivity contribution in [1.29, 1.82) is 0 Å². The number of fused-ring (bicyclic) bond motifs is 1. The van der Waals surface area contributed by atoms with Gasteiger partial charge in [-0.3, -0.25) is 4.79 Å². The number of aryl methyl sites for hydroxylation is 1. The Morgan fingerprint density at radius 1 is 1.30 bits per heavy atom. The van der Waals surface area contributed by atoms with Gasteiger partial charge in [0.15, 0.2) is 5.65 Å². The molecule has 0 spiro atoms. The summed E-state index contributed by atoms with van der Waals surface area (Å²) in [5.41, 5.74) is 2.75. The maximum atomic E-state index is 13.5. The van der Waals surface area contributed by atoms with Crippen molar-refractivity contribution in [3.05, 3.63) is 53.6 Å². The summed E-state index contributed by atoms with van der Waals surface area (Å²) in [7, 11) is 3.69. The molecule has 0 aliphatic heterocycles. The third-order valence-corrected chi connectivity index (χ3v) is 5.30. The molecule has 1 amide bonds. The maximum absolute atomic E-state index is 13.5. The van der Waals surface area contributed by atoms with E-state index in [4.69, 9.17) is 4.98 Å². The number of rotatable bonds is 8. The highest BCUT2D eigenvalue weighted by atomic mass is 32.2. The van der Waals surface area contributed by atoms with E-state index < -0.39 is 0 Å². The zero-order valence-corrected chi connectivity index (χ0v) is 16.4. The second-order valence-corrected chi connectivity index (χ2v) is 7.56. The van der Waals surface area contributed by atoms with Gasteiger partial charge in [-0.25, -0.2) is 13.9 Å². The van der Waals surface area contributed by atoms with Crippen LogP contribution in [0.5, 0.6) is 0 Å². The van der Waals surface area contributed by atoms with Gasteiger partial charge in [0, 0.05) is 39.1 Å². The van der Waals surface area contributed by atoms with Crippen LogP contribution in [0.4, 0.5) is 10.2 Å². The van der Waals surface area contributed by atoms with E-state index in [0.717, 1.165) is 39.7 Å². The topological polar surface area (TPSA) is 53.7 Å². The van der Waals surface area contributed by atoms with Crippen LogP contribution in [0.15, 0.2) is 41.6 Å². The summed E-state index contributed by atoms with van der Waals surface area (Å²) in [5, 5.41) is 4.33. The van der Waals surface area contributed by atoms with Crippen molar-refractivity contribution in [1.82, 2.24) is 19.5 Å². The molecule has 0 fully saturated rings. The molecule has 8 heteroatoms. The normalized spacial score (nSPS) is 11.0. The Bertz CT molecular complexity index is 945. The average molecular weight is 387 g/mol. The molecule has 0 unspecified atom stereocenters. The largest absolute Gasteiger partial charge is 0.355 e. The molecule has 0 saturated carbocycles. The maximum Gasteiger partial charge on any atom is 0.209 e. The van der Waals surface area contributed by atoms with Crippen LogP contribution in [0.25, 0.3) is 5.65 Å². The molecule has 0 aliphatic carbocycles. The average Bonchev–Trinajstić information content (AvgIpc) is 3.06. The van der Waals surface area contributed by atoms with Gasteiger partial charge >= 0.3 is 0 Å². The lowest BCUT2D eigenvalue weighted by Gasteiger charge is -2.19. The summed E-state index contributed by atoms with van der Waals surface area (Å²) in [6, 6.07) is 6.72. The minimum Gasteiger partial charge on any atom is -0.355 e. The predicted molar refractivity (Wildman–Crippen MR) is 106 cm³/mol. The fourth-order valence-corrected chi connectivity index (χ4v) is 3.64. The molecule has 2 heterocycles. The monoisotopic (exact) mass is 387 g/mol. The van der Waals surface area contributed by atoms with Crippen molar-refractivity contribution in [2.75, 3.05) is 31.3 Å². The van der Waals surface area contributed by atoms with E-state index in [2.05, 4.69) is 5.10 Å². The summed E-state index contributed by atoms with van der Waals surface area (Å²) in [4.78, 5) is 20.0. The van der Waals surface area contributed by atoms with Gasteiger partial charge in [0.05, 0.1) is 11.1 Å². The quantitative estimate of drug-likeness (QED) is 0.439. The molecule has 2 aromatic heterocycles. The first-order valence-electron chi connectivity index (χ1n) is 8.57. The van der Waals surface area contributed by atoms with Crippen molar-refractivity contribution in [3.8, 4) is 0 Å². The number of thioether (sulfide) groups is 1. The molecule has 3 rings (SSSR count). The van der Waals surface area contributed by atoms with Gasteiger partial charge in [-0.15, -0.1) is 11.8 Å². The van der Waals surface area contributed by atoms with Crippen LogP contribution in [-0.4, -0.2) is 52.3 Å². The van der Waals surface area contributed by atoms with E-state index >= 15 is 0 Å². The molecule has 3 aromatic rings. The number of halogens is 1. The standard InChI is InChI=1S/C19H22FN5OS/c1-14-4-5-16(20)10-15(14)12-24(3)18-6-7-25-19(22-18)17(11-21-25)27-9-8-23(2)13-26/h4-7,10-11,13H,8-9,12H2,1-3H3. The number of anilines is 1. The van der Waals surface area contributed by atoms with E-state index in [1.54, 1.807) is 46.6 Å². The van der Waals surface area contributed by atoms with Gasteiger partial charge in [-0.1, -0.05) is 6.07 Å². The van der Waals surface area contributed by atoms with E-state index in [9.17, 15) is 9.18 Å². The fourth-order valence-electron chi connectivity index (χ4n) is 2.65. The number of benzene rings is 1. The van der Waals surface area contributed by atoms with E-state index in [-0.39, 0.29) is 5.82 Å². The smallest absolute Gasteiger partial charge is 0.209 e. The van der Waals surface area contributed by atoms with Crippen LogP contribution in [0, 0.1) is 12.7 Å². The highest BCUT2D eigenvalue weighted by Gasteiger charge is 2.11. The number of aromatic nitrogens is 3. The Hall–Kier alpha value is -2.61. The first kappa shape index (κ1) is 19.2. The number of nitrogens with zero attached hydrogens (tertiary/aromatic N) is 5. The zero-order chi connectivity index (χ0) is 19.4. The lowest BCUT2D eigenvalue weighted by Crippen LogP contribution is -2.19. The second kappa shape index (κ2) is 8.39. The molecular weight excluding hydrogens is 365 g/mol. The molecule has 0 atom stereocenters.